The zero-order valence-corrected chi connectivity index (χ0v) is 12.1. The molecule has 2 N–H and O–H groups in total. The smallest absolute Gasteiger partial charge is 0.226 e. The first-order valence-corrected chi connectivity index (χ1v) is 7.38. The number of benzene rings is 1. The summed E-state index contributed by atoms with van der Waals surface area (Å²) in [5.74, 6) is 2.15. The van der Waals surface area contributed by atoms with E-state index in [1.54, 1.807) is 11.8 Å². The fourth-order valence-corrected chi connectivity index (χ4v) is 2.51. The highest BCUT2D eigenvalue weighted by Gasteiger charge is 2.07. The molecule has 1 aromatic carbocycles. The van der Waals surface area contributed by atoms with Crippen molar-refractivity contribution < 1.29 is 4.52 Å². The third-order valence-corrected chi connectivity index (χ3v) is 3.67. The molecule has 1 heterocycles. The van der Waals surface area contributed by atoms with Crippen molar-refractivity contribution in [1.29, 1.82) is 0 Å². The van der Waals surface area contributed by atoms with Gasteiger partial charge in [0.1, 0.15) is 0 Å². The molecule has 102 valence electrons. The lowest BCUT2D eigenvalue weighted by atomic mass is 10.2. The molecule has 4 nitrogen and oxygen atoms in total. The molecule has 0 spiro atoms. The topological polar surface area (TPSA) is 64.9 Å². The van der Waals surface area contributed by atoms with Crippen molar-refractivity contribution in [3.8, 4) is 0 Å². The number of hydrogen-bond donors (Lipinski definition) is 1. The van der Waals surface area contributed by atoms with Crippen LogP contribution in [0.1, 0.15) is 30.6 Å². The van der Waals surface area contributed by atoms with Gasteiger partial charge < -0.3 is 10.3 Å². The molecule has 0 radical (unpaired) electrons. The molecular formula is C14H19N3OS. The van der Waals surface area contributed by atoms with Gasteiger partial charge in [-0.1, -0.05) is 22.9 Å². The van der Waals surface area contributed by atoms with Crippen LogP contribution in [-0.2, 0) is 12.2 Å². The normalized spacial score (nSPS) is 12.6. The average molecular weight is 277 g/mol. The van der Waals surface area contributed by atoms with Crippen molar-refractivity contribution in [3.63, 3.8) is 0 Å². The van der Waals surface area contributed by atoms with E-state index in [1.165, 1.54) is 10.5 Å². The molecule has 5 heteroatoms. The number of nitrogens with two attached hydrogens (primary N) is 1. The maximum atomic E-state index is 5.70. The molecule has 19 heavy (non-hydrogen) atoms. The number of rotatable bonds is 6. The Labute approximate surface area is 117 Å². The van der Waals surface area contributed by atoms with Gasteiger partial charge in [0.15, 0.2) is 5.82 Å². The highest BCUT2D eigenvalue weighted by Crippen LogP contribution is 2.22. The minimum Gasteiger partial charge on any atom is -0.339 e. The van der Waals surface area contributed by atoms with Crippen LogP contribution in [0.2, 0.25) is 0 Å². The van der Waals surface area contributed by atoms with Crippen molar-refractivity contribution in [3.05, 3.63) is 41.5 Å². The predicted molar refractivity (Wildman–Crippen MR) is 77.0 cm³/mol. The second kappa shape index (κ2) is 6.73. The quantitative estimate of drug-likeness (QED) is 0.822. The summed E-state index contributed by atoms with van der Waals surface area (Å²) in [7, 11) is 0. The van der Waals surface area contributed by atoms with E-state index in [2.05, 4.69) is 41.3 Å². The van der Waals surface area contributed by atoms with E-state index in [0.29, 0.717) is 5.89 Å². The van der Waals surface area contributed by atoms with E-state index in [1.807, 2.05) is 6.92 Å². The molecule has 2 aromatic rings. The summed E-state index contributed by atoms with van der Waals surface area (Å²) in [5.41, 5.74) is 6.96. The highest BCUT2D eigenvalue weighted by molar-refractivity contribution is 7.98. The molecule has 0 fully saturated rings. The van der Waals surface area contributed by atoms with Gasteiger partial charge in [0.25, 0.3) is 0 Å². The SMILES string of the molecule is Cc1cccc(SCc2noc(CCC(C)N)n2)c1. The molecule has 2 rings (SSSR count). The number of hydrogen-bond acceptors (Lipinski definition) is 5. The molecule has 0 aliphatic heterocycles. The van der Waals surface area contributed by atoms with Crippen LogP contribution in [0, 0.1) is 6.92 Å². The van der Waals surface area contributed by atoms with Crippen molar-refractivity contribution >= 4 is 11.8 Å². The summed E-state index contributed by atoms with van der Waals surface area (Å²) in [6, 6.07) is 8.56. The Morgan fingerprint density at radius 2 is 2.26 bits per heavy atom. The Balaban J connectivity index is 1.86. The lowest BCUT2D eigenvalue weighted by molar-refractivity contribution is 0.368. The fourth-order valence-electron chi connectivity index (χ4n) is 1.65. The summed E-state index contributed by atoms with van der Waals surface area (Å²) >= 11 is 1.72. The number of thioether (sulfide) groups is 1. The van der Waals surface area contributed by atoms with E-state index in [9.17, 15) is 0 Å². The summed E-state index contributed by atoms with van der Waals surface area (Å²) in [6.45, 7) is 4.06. The van der Waals surface area contributed by atoms with Crippen LogP contribution in [0.3, 0.4) is 0 Å². The lowest BCUT2D eigenvalue weighted by Gasteiger charge is -2.00. The molecule has 0 aliphatic carbocycles. The largest absolute Gasteiger partial charge is 0.339 e. The van der Waals surface area contributed by atoms with Gasteiger partial charge in [-0.2, -0.15) is 4.98 Å². The Morgan fingerprint density at radius 1 is 1.42 bits per heavy atom. The summed E-state index contributed by atoms with van der Waals surface area (Å²) in [6.07, 6.45) is 1.62. The summed E-state index contributed by atoms with van der Waals surface area (Å²) in [5, 5.41) is 3.98. The Morgan fingerprint density at radius 3 is 3.00 bits per heavy atom. The first-order valence-electron chi connectivity index (χ1n) is 6.40. The molecule has 0 bridgehead atoms. The fraction of sp³-hybridized carbons (Fsp3) is 0.429. The molecule has 1 unspecified atom stereocenters. The molecule has 0 amide bonds. The molecule has 0 saturated carbocycles. The average Bonchev–Trinajstić information content (AvgIpc) is 2.82. The first-order chi connectivity index (χ1) is 9.13. The minimum absolute atomic E-state index is 0.164. The summed E-state index contributed by atoms with van der Waals surface area (Å²) < 4.78 is 5.20. The number of aromatic nitrogens is 2. The predicted octanol–water partition coefficient (Wildman–Crippen LogP) is 2.95. The zero-order chi connectivity index (χ0) is 13.7. The van der Waals surface area contributed by atoms with E-state index in [0.717, 1.165) is 24.4 Å². The van der Waals surface area contributed by atoms with Gasteiger partial charge in [-0.05, 0) is 32.4 Å². The van der Waals surface area contributed by atoms with Gasteiger partial charge in [-0.15, -0.1) is 11.8 Å². The van der Waals surface area contributed by atoms with Crippen LogP contribution in [0.15, 0.2) is 33.7 Å². The van der Waals surface area contributed by atoms with E-state index >= 15 is 0 Å². The maximum Gasteiger partial charge on any atom is 0.226 e. The van der Waals surface area contributed by atoms with Gasteiger partial charge in [-0.25, -0.2) is 0 Å². The van der Waals surface area contributed by atoms with E-state index in [4.69, 9.17) is 10.3 Å². The second-order valence-electron chi connectivity index (χ2n) is 4.73. The lowest BCUT2D eigenvalue weighted by Crippen LogP contribution is -2.15. The van der Waals surface area contributed by atoms with Gasteiger partial charge in [0.05, 0.1) is 5.75 Å². The number of nitrogens with zero attached hydrogens (tertiary/aromatic N) is 2. The van der Waals surface area contributed by atoms with Crippen molar-refractivity contribution in [2.24, 2.45) is 5.73 Å². The monoisotopic (exact) mass is 277 g/mol. The Hall–Kier alpha value is -1.33. The van der Waals surface area contributed by atoms with E-state index < -0.39 is 0 Å². The third-order valence-electron chi connectivity index (χ3n) is 2.68. The summed E-state index contributed by atoms with van der Waals surface area (Å²) in [4.78, 5) is 5.59. The molecule has 0 aliphatic rings. The second-order valence-corrected chi connectivity index (χ2v) is 5.77. The van der Waals surface area contributed by atoms with Gasteiger partial charge in [-0.3, -0.25) is 0 Å². The molecule has 1 aromatic heterocycles. The van der Waals surface area contributed by atoms with Gasteiger partial charge >= 0.3 is 0 Å². The standard InChI is InChI=1S/C14H19N3OS/c1-10-4-3-5-12(8-10)19-9-13-16-14(18-17-13)7-6-11(2)15/h3-5,8,11H,6-7,9,15H2,1-2H3. The maximum absolute atomic E-state index is 5.70. The number of aryl methyl sites for hydroxylation is 2. The Bertz CT molecular complexity index is 525. The van der Waals surface area contributed by atoms with Crippen LogP contribution in [0.25, 0.3) is 0 Å². The molecular weight excluding hydrogens is 258 g/mol. The highest BCUT2D eigenvalue weighted by atomic mass is 32.2. The Kier molecular flexibility index (Phi) is 4.99. The van der Waals surface area contributed by atoms with Crippen LogP contribution in [0.4, 0.5) is 0 Å². The first kappa shape index (κ1) is 14.1. The van der Waals surface area contributed by atoms with Crippen LogP contribution in [-0.4, -0.2) is 16.2 Å². The van der Waals surface area contributed by atoms with Crippen LogP contribution in [0.5, 0.6) is 0 Å². The third kappa shape index (κ3) is 4.69. The van der Waals surface area contributed by atoms with Gasteiger partial charge in [0.2, 0.25) is 5.89 Å². The van der Waals surface area contributed by atoms with Crippen LogP contribution >= 0.6 is 11.8 Å². The van der Waals surface area contributed by atoms with Crippen LogP contribution < -0.4 is 5.73 Å². The van der Waals surface area contributed by atoms with Crippen molar-refractivity contribution in [2.45, 2.75) is 43.4 Å². The van der Waals surface area contributed by atoms with Crippen molar-refractivity contribution in [1.82, 2.24) is 10.1 Å². The van der Waals surface area contributed by atoms with Crippen molar-refractivity contribution in [2.75, 3.05) is 0 Å². The zero-order valence-electron chi connectivity index (χ0n) is 11.3. The molecule has 1 atom stereocenters. The minimum atomic E-state index is 0.164. The molecule has 0 saturated heterocycles. The van der Waals surface area contributed by atoms with E-state index in [-0.39, 0.29) is 6.04 Å². The van der Waals surface area contributed by atoms with Gasteiger partial charge in [0, 0.05) is 17.4 Å².